The molecule has 22 heavy (non-hydrogen) atoms. The topological polar surface area (TPSA) is 50.2 Å². The van der Waals surface area contributed by atoms with Gasteiger partial charge in [-0.3, -0.25) is 9.78 Å². The van der Waals surface area contributed by atoms with Crippen molar-refractivity contribution in [1.29, 1.82) is 0 Å². The second kappa shape index (κ2) is 6.14. The number of carboxylic acid groups (broad SMARTS) is 1. The van der Waals surface area contributed by atoms with Crippen molar-refractivity contribution >= 4 is 29.2 Å². The second-order valence-electron chi connectivity index (χ2n) is 4.42. The van der Waals surface area contributed by atoms with Crippen LogP contribution >= 0.6 is 23.2 Å². The Labute approximate surface area is 133 Å². The maximum absolute atomic E-state index is 12.7. The number of aliphatic carboxylic acids is 1. The van der Waals surface area contributed by atoms with Gasteiger partial charge in [-0.15, -0.1) is 0 Å². The van der Waals surface area contributed by atoms with Crippen LogP contribution in [0.3, 0.4) is 0 Å². The van der Waals surface area contributed by atoms with Crippen LogP contribution in [0.5, 0.6) is 0 Å². The Kier molecular flexibility index (Phi) is 4.63. The van der Waals surface area contributed by atoms with Gasteiger partial charge in [0.15, 0.2) is 0 Å². The van der Waals surface area contributed by atoms with E-state index in [1.807, 2.05) is 0 Å². The van der Waals surface area contributed by atoms with Crippen LogP contribution in [0.1, 0.15) is 11.1 Å². The van der Waals surface area contributed by atoms with E-state index in [4.69, 9.17) is 28.3 Å². The molecule has 0 aliphatic heterocycles. The molecular formula is C14H8Cl2F3NO2. The highest BCUT2D eigenvalue weighted by atomic mass is 35.5. The fraction of sp³-hybridized carbons (Fsp3) is 0.143. The summed E-state index contributed by atoms with van der Waals surface area (Å²) in [5.74, 6) is -1.27. The van der Waals surface area contributed by atoms with Crippen molar-refractivity contribution in [1.82, 2.24) is 4.98 Å². The number of carboxylic acids is 1. The molecule has 3 nitrogen and oxygen atoms in total. The zero-order chi connectivity index (χ0) is 16.5. The van der Waals surface area contributed by atoms with E-state index in [-0.39, 0.29) is 16.3 Å². The first-order valence-electron chi connectivity index (χ1n) is 5.92. The first kappa shape index (κ1) is 16.6. The van der Waals surface area contributed by atoms with E-state index in [1.165, 1.54) is 18.2 Å². The third-order valence-electron chi connectivity index (χ3n) is 2.82. The van der Waals surface area contributed by atoms with Crippen LogP contribution in [0.25, 0.3) is 11.3 Å². The predicted molar refractivity (Wildman–Crippen MR) is 76.0 cm³/mol. The standard InChI is InChI=1S/C14H8Cl2F3NO2/c15-9-1-2-10(11(16)5-9)13-7(4-12(21)22)3-8(6-20-13)14(17,18)19/h1-3,5-6H,4H2,(H,21,22). The lowest BCUT2D eigenvalue weighted by Crippen LogP contribution is -2.10. The highest BCUT2D eigenvalue weighted by Crippen LogP contribution is 2.35. The van der Waals surface area contributed by atoms with Crippen molar-refractivity contribution in [3.63, 3.8) is 0 Å². The van der Waals surface area contributed by atoms with Gasteiger partial charge in [0.1, 0.15) is 0 Å². The van der Waals surface area contributed by atoms with Gasteiger partial charge in [0, 0.05) is 16.8 Å². The molecule has 0 aliphatic rings. The van der Waals surface area contributed by atoms with Gasteiger partial charge in [-0.1, -0.05) is 23.2 Å². The summed E-state index contributed by atoms with van der Waals surface area (Å²) < 4.78 is 38.2. The summed E-state index contributed by atoms with van der Waals surface area (Å²) in [6.07, 6.45) is -4.57. The van der Waals surface area contributed by atoms with E-state index >= 15 is 0 Å². The van der Waals surface area contributed by atoms with Crippen molar-refractivity contribution in [3.8, 4) is 11.3 Å². The molecule has 1 heterocycles. The maximum atomic E-state index is 12.7. The number of hydrogen-bond acceptors (Lipinski definition) is 2. The predicted octanol–water partition coefficient (Wildman–Crippen LogP) is 4.70. The number of benzene rings is 1. The molecular weight excluding hydrogens is 342 g/mol. The molecule has 0 spiro atoms. The highest BCUT2D eigenvalue weighted by Gasteiger charge is 2.32. The number of nitrogens with zero attached hydrogens (tertiary/aromatic N) is 1. The van der Waals surface area contributed by atoms with E-state index in [2.05, 4.69) is 4.98 Å². The number of hydrogen-bond donors (Lipinski definition) is 1. The molecule has 1 aromatic carbocycles. The summed E-state index contributed by atoms with van der Waals surface area (Å²) in [7, 11) is 0. The molecule has 0 aliphatic carbocycles. The SMILES string of the molecule is O=C(O)Cc1cc(C(F)(F)F)cnc1-c1ccc(Cl)cc1Cl. The van der Waals surface area contributed by atoms with E-state index in [0.717, 1.165) is 6.07 Å². The van der Waals surface area contributed by atoms with Crippen LogP contribution in [0.4, 0.5) is 13.2 Å². The second-order valence-corrected chi connectivity index (χ2v) is 5.27. The average Bonchev–Trinajstić information content (AvgIpc) is 2.37. The first-order chi connectivity index (χ1) is 10.2. The Bertz CT molecular complexity index is 733. The molecule has 0 saturated carbocycles. The van der Waals surface area contributed by atoms with Gasteiger partial charge >= 0.3 is 12.1 Å². The maximum Gasteiger partial charge on any atom is 0.417 e. The zero-order valence-corrected chi connectivity index (χ0v) is 12.3. The van der Waals surface area contributed by atoms with Crippen LogP contribution in [0, 0.1) is 0 Å². The molecule has 1 aromatic heterocycles. The molecule has 0 saturated heterocycles. The number of rotatable bonds is 3. The summed E-state index contributed by atoms with van der Waals surface area (Å²) >= 11 is 11.8. The van der Waals surface area contributed by atoms with Crippen molar-refractivity contribution in [2.24, 2.45) is 0 Å². The first-order valence-corrected chi connectivity index (χ1v) is 6.67. The molecule has 0 amide bonds. The highest BCUT2D eigenvalue weighted by molar-refractivity contribution is 6.36. The van der Waals surface area contributed by atoms with E-state index in [1.54, 1.807) is 0 Å². The number of aromatic nitrogens is 1. The number of alkyl halides is 3. The molecule has 0 fully saturated rings. The lowest BCUT2D eigenvalue weighted by Gasteiger charge is -2.13. The van der Waals surface area contributed by atoms with Crippen LogP contribution in [0.2, 0.25) is 10.0 Å². The minimum Gasteiger partial charge on any atom is -0.481 e. The van der Waals surface area contributed by atoms with Gasteiger partial charge in [0.25, 0.3) is 0 Å². The largest absolute Gasteiger partial charge is 0.481 e. The van der Waals surface area contributed by atoms with Gasteiger partial charge in [-0.05, 0) is 29.8 Å². The number of halogens is 5. The normalized spacial score (nSPS) is 11.5. The molecule has 1 N–H and O–H groups in total. The molecule has 0 atom stereocenters. The van der Waals surface area contributed by atoms with Gasteiger partial charge < -0.3 is 5.11 Å². The minimum absolute atomic E-state index is 0.0773. The smallest absolute Gasteiger partial charge is 0.417 e. The summed E-state index contributed by atoms with van der Waals surface area (Å²) in [5.41, 5.74) is -0.697. The molecule has 8 heteroatoms. The summed E-state index contributed by atoms with van der Waals surface area (Å²) in [6, 6.07) is 5.14. The Hall–Kier alpha value is -1.79. The average molecular weight is 350 g/mol. The van der Waals surface area contributed by atoms with E-state index in [0.29, 0.717) is 16.8 Å². The van der Waals surface area contributed by atoms with Crippen LogP contribution in [-0.2, 0) is 17.4 Å². The van der Waals surface area contributed by atoms with E-state index in [9.17, 15) is 18.0 Å². The van der Waals surface area contributed by atoms with Crippen LogP contribution < -0.4 is 0 Å². The van der Waals surface area contributed by atoms with Crippen molar-refractivity contribution in [2.75, 3.05) is 0 Å². The quantitative estimate of drug-likeness (QED) is 0.873. The fourth-order valence-electron chi connectivity index (χ4n) is 1.89. The fourth-order valence-corrected chi connectivity index (χ4v) is 2.39. The number of carbonyl (C=O) groups is 1. The van der Waals surface area contributed by atoms with Gasteiger partial charge in [0.05, 0.1) is 22.7 Å². The summed E-state index contributed by atoms with van der Waals surface area (Å²) in [6.45, 7) is 0. The third-order valence-corrected chi connectivity index (χ3v) is 3.37. The van der Waals surface area contributed by atoms with Gasteiger partial charge in [-0.25, -0.2) is 0 Å². The van der Waals surface area contributed by atoms with Gasteiger partial charge in [-0.2, -0.15) is 13.2 Å². The molecule has 2 aromatic rings. The molecule has 2 rings (SSSR count). The van der Waals surface area contributed by atoms with Crippen molar-refractivity contribution in [3.05, 3.63) is 51.6 Å². The van der Waals surface area contributed by atoms with Gasteiger partial charge in [0.2, 0.25) is 0 Å². The Morgan fingerprint density at radius 1 is 1.23 bits per heavy atom. The zero-order valence-electron chi connectivity index (χ0n) is 10.8. The molecule has 116 valence electrons. The van der Waals surface area contributed by atoms with Crippen molar-refractivity contribution < 1.29 is 23.1 Å². The van der Waals surface area contributed by atoms with Crippen LogP contribution in [0.15, 0.2) is 30.5 Å². The lowest BCUT2D eigenvalue weighted by atomic mass is 10.0. The van der Waals surface area contributed by atoms with E-state index < -0.39 is 24.1 Å². The Balaban J connectivity index is 2.61. The monoisotopic (exact) mass is 349 g/mol. The summed E-state index contributed by atoms with van der Waals surface area (Å²) in [5, 5.41) is 9.40. The van der Waals surface area contributed by atoms with Crippen molar-refractivity contribution in [2.45, 2.75) is 12.6 Å². The van der Waals surface area contributed by atoms with Crippen LogP contribution in [-0.4, -0.2) is 16.1 Å². The third kappa shape index (κ3) is 3.69. The number of pyridine rings is 1. The molecule has 0 unspecified atom stereocenters. The Morgan fingerprint density at radius 2 is 1.91 bits per heavy atom. The molecule has 0 radical (unpaired) electrons. The Morgan fingerprint density at radius 3 is 2.45 bits per heavy atom. The molecule has 0 bridgehead atoms. The lowest BCUT2D eigenvalue weighted by molar-refractivity contribution is -0.139. The minimum atomic E-state index is -4.61. The summed E-state index contributed by atoms with van der Waals surface area (Å²) in [4.78, 5) is 14.6.